The molecular weight excluding hydrogens is 508 g/mol. The number of nitrogens with zero attached hydrogens (tertiary/aromatic N) is 3. The maximum Gasteiger partial charge on any atom is 0.226 e. The molecule has 5 nitrogen and oxygen atoms in total. The summed E-state index contributed by atoms with van der Waals surface area (Å²) < 4.78 is 3.76. The second-order valence-corrected chi connectivity index (χ2v) is 4.29. The first-order valence-corrected chi connectivity index (χ1v) is 6.13. The molecule has 0 aliphatic rings. The summed E-state index contributed by atoms with van der Waals surface area (Å²) in [6, 6.07) is 9.27. The maximum atomic E-state index is 10.7. The lowest BCUT2D eigenvalue weighted by atomic mass is 10.2. The molecule has 2 rings (SSSR count). The molecule has 0 atom stereocenters. The van der Waals surface area contributed by atoms with E-state index in [1.165, 1.54) is 6.21 Å². The van der Waals surface area contributed by atoms with Crippen LogP contribution in [0.15, 0.2) is 54.1 Å². The van der Waals surface area contributed by atoms with E-state index in [1.54, 1.807) is 6.92 Å². The Morgan fingerprint density at radius 2 is 1.68 bits per heavy atom. The van der Waals surface area contributed by atoms with Crippen LogP contribution in [0, 0.1) is 0 Å². The molecule has 22 heavy (non-hydrogen) atoms. The minimum atomic E-state index is 0. The van der Waals surface area contributed by atoms with E-state index < -0.39 is 0 Å². The Bertz CT molecular complexity index is 602. The lowest BCUT2D eigenvalue weighted by molar-refractivity contribution is -0.672. The number of carbonyl (C=O) groups excluding carboxylic acids is 1. The first kappa shape index (κ1) is 23.2. The van der Waals surface area contributed by atoms with E-state index in [2.05, 4.69) is 5.16 Å². The van der Waals surface area contributed by atoms with E-state index in [0.29, 0.717) is 0 Å². The van der Waals surface area contributed by atoms with Gasteiger partial charge >= 0.3 is 0 Å². The summed E-state index contributed by atoms with van der Waals surface area (Å²) in [5.74, 6) is 0.112. The molecule has 2 aromatic rings. The lowest BCUT2D eigenvalue weighted by Crippen LogP contribution is -3.00. The Morgan fingerprint density at radius 1 is 1.09 bits per heavy atom. The normalized spacial score (nSPS) is 9.05. The average Bonchev–Trinajstić information content (AvgIpc) is 2.43. The molecule has 0 saturated carbocycles. The molecule has 0 radical (unpaired) electrons. The van der Waals surface area contributed by atoms with Gasteiger partial charge in [0, 0.05) is 29.8 Å². The van der Waals surface area contributed by atoms with Gasteiger partial charge in [0.25, 0.3) is 0 Å². The molecule has 0 spiro atoms. The zero-order valence-corrected chi connectivity index (χ0v) is 17.0. The first-order chi connectivity index (χ1) is 9.54. The van der Waals surface area contributed by atoms with Gasteiger partial charge in [-0.2, -0.15) is 0 Å². The first-order valence-electron chi connectivity index (χ1n) is 6.13. The van der Waals surface area contributed by atoms with Crippen molar-refractivity contribution in [2.24, 2.45) is 19.3 Å². The van der Waals surface area contributed by atoms with Crippen molar-refractivity contribution in [2.45, 2.75) is 6.92 Å². The summed E-state index contributed by atoms with van der Waals surface area (Å²) in [5, 5.41) is 11.1. The van der Waals surface area contributed by atoms with Gasteiger partial charge in [-0.15, -0.1) is 0 Å². The third-order valence-electron chi connectivity index (χ3n) is 2.67. The van der Waals surface area contributed by atoms with Gasteiger partial charge in [0.05, 0.1) is 0 Å². The molecule has 0 aromatic carbocycles. The van der Waals surface area contributed by atoms with E-state index in [-0.39, 0.29) is 53.7 Å². The number of hydrogen-bond donors (Lipinski definition) is 1. The van der Waals surface area contributed by atoms with Crippen molar-refractivity contribution in [3.05, 3.63) is 60.2 Å². The van der Waals surface area contributed by atoms with Gasteiger partial charge in [-0.3, -0.25) is 4.79 Å². The molecule has 0 fully saturated rings. The third kappa shape index (κ3) is 8.37. The van der Waals surface area contributed by atoms with Gasteiger partial charge in [-0.25, -0.2) is 9.13 Å². The highest BCUT2D eigenvalue weighted by atomic mass is 127. The summed E-state index contributed by atoms with van der Waals surface area (Å²) >= 11 is 0. The quantitative estimate of drug-likeness (QED) is 0.106. The molecule has 120 valence electrons. The van der Waals surface area contributed by atoms with Crippen LogP contribution < -0.4 is 57.1 Å². The maximum absolute atomic E-state index is 10.7. The Kier molecular flexibility index (Phi) is 13.1. The van der Waals surface area contributed by atoms with Crippen LogP contribution in [0.25, 0.3) is 0 Å². The number of hydrogen-bond acceptors (Lipinski definition) is 3. The van der Waals surface area contributed by atoms with Gasteiger partial charge in [0.2, 0.25) is 5.69 Å². The predicted octanol–water partition coefficient (Wildman–Crippen LogP) is -4.96. The van der Waals surface area contributed by atoms with Crippen molar-refractivity contribution in [3.63, 3.8) is 0 Å². The topological polar surface area (TPSA) is 57.4 Å². The minimum Gasteiger partial charge on any atom is -1.00 e. The van der Waals surface area contributed by atoms with Crippen LogP contribution in [-0.2, 0) is 14.1 Å². The monoisotopic (exact) mass is 527 g/mol. The van der Waals surface area contributed by atoms with Crippen LogP contribution in [-0.4, -0.2) is 17.2 Å². The Morgan fingerprint density at radius 3 is 2.14 bits per heavy atom. The van der Waals surface area contributed by atoms with Crippen LogP contribution in [0.5, 0.6) is 0 Å². The third-order valence-corrected chi connectivity index (χ3v) is 2.67. The average molecular weight is 527 g/mol. The number of oxime groups is 1. The Balaban J connectivity index is 0. The summed E-state index contributed by atoms with van der Waals surface area (Å²) in [6.07, 6.45) is 6.99. The van der Waals surface area contributed by atoms with Crippen molar-refractivity contribution < 1.29 is 67.1 Å². The van der Waals surface area contributed by atoms with Gasteiger partial charge in [-0.1, -0.05) is 5.16 Å². The number of Topliss-reactive ketones (excluding diaryl/α,β-unsaturated/α-hetero) is 1. The van der Waals surface area contributed by atoms with Crippen LogP contribution in [0.4, 0.5) is 0 Å². The number of rotatable bonds is 2. The van der Waals surface area contributed by atoms with E-state index in [0.717, 1.165) is 11.3 Å². The standard InChI is InChI=1S/C8H10NO.C7H8N2O.2HI/c1-7(10)8-3-5-9(2)6-4-8;1-9-5-3-2-4-7(9)6-8-10;;/h3-6H,1-2H3;2-6H,1H3;2*1H/q+1;;;/p-1. The number of aryl methyl sites for hydroxylation is 2. The number of pyridine rings is 2. The number of ketones is 1. The summed E-state index contributed by atoms with van der Waals surface area (Å²) in [7, 11) is 3.81. The zero-order chi connectivity index (χ0) is 15.0. The Hall–Kier alpha value is -1.10. The summed E-state index contributed by atoms with van der Waals surface area (Å²) in [5.41, 5.74) is 1.63. The SMILES string of the molecule is CC(=O)c1cc[n+](C)cc1.C[n+]1ccccc1C=NO.[I-].[I-]. The van der Waals surface area contributed by atoms with Crippen molar-refractivity contribution in [2.75, 3.05) is 0 Å². The van der Waals surface area contributed by atoms with Gasteiger partial charge in [0.1, 0.15) is 20.3 Å². The number of aromatic nitrogens is 2. The second kappa shape index (κ2) is 12.4. The van der Waals surface area contributed by atoms with E-state index in [4.69, 9.17) is 5.21 Å². The van der Waals surface area contributed by atoms with Gasteiger partial charge in [-0.05, 0) is 13.0 Å². The fraction of sp³-hybridized carbons (Fsp3) is 0.200. The molecule has 0 saturated heterocycles. The fourth-order valence-electron chi connectivity index (χ4n) is 1.47. The lowest BCUT2D eigenvalue weighted by Gasteiger charge is -1.90. The number of halogens is 2. The highest BCUT2D eigenvalue weighted by Crippen LogP contribution is 1.94. The minimum absolute atomic E-state index is 0. The van der Waals surface area contributed by atoms with Crippen molar-refractivity contribution in [1.29, 1.82) is 0 Å². The van der Waals surface area contributed by atoms with Gasteiger partial charge in [0.15, 0.2) is 24.4 Å². The predicted molar refractivity (Wildman–Crippen MR) is 74.6 cm³/mol. The molecule has 7 heteroatoms. The smallest absolute Gasteiger partial charge is 0.226 e. The van der Waals surface area contributed by atoms with Crippen LogP contribution in [0.1, 0.15) is 23.0 Å². The fourth-order valence-corrected chi connectivity index (χ4v) is 1.47. The molecular formula is C15H19I2N3O2. The highest BCUT2D eigenvalue weighted by Gasteiger charge is 1.99. The number of carbonyl (C=O) groups is 1. The van der Waals surface area contributed by atoms with E-state index >= 15 is 0 Å². The Labute approximate surface area is 164 Å². The van der Waals surface area contributed by atoms with E-state index in [1.807, 2.05) is 72.2 Å². The molecule has 0 aliphatic heterocycles. The van der Waals surface area contributed by atoms with Crippen LogP contribution in [0.2, 0.25) is 0 Å². The molecule has 2 aromatic heterocycles. The zero-order valence-electron chi connectivity index (χ0n) is 12.6. The molecule has 0 amide bonds. The van der Waals surface area contributed by atoms with Crippen molar-refractivity contribution in [1.82, 2.24) is 0 Å². The van der Waals surface area contributed by atoms with Crippen LogP contribution >= 0.6 is 0 Å². The second-order valence-electron chi connectivity index (χ2n) is 4.29. The van der Waals surface area contributed by atoms with Crippen LogP contribution in [0.3, 0.4) is 0 Å². The molecule has 0 aliphatic carbocycles. The van der Waals surface area contributed by atoms with Crippen molar-refractivity contribution >= 4 is 12.0 Å². The molecule has 1 N–H and O–H groups in total. The largest absolute Gasteiger partial charge is 1.00 e. The molecule has 0 bridgehead atoms. The summed E-state index contributed by atoms with van der Waals surface area (Å²) in [4.78, 5) is 10.7. The summed E-state index contributed by atoms with van der Waals surface area (Å²) in [6.45, 7) is 1.56. The van der Waals surface area contributed by atoms with Crippen molar-refractivity contribution in [3.8, 4) is 0 Å². The van der Waals surface area contributed by atoms with Gasteiger partial charge < -0.3 is 53.2 Å². The highest BCUT2D eigenvalue weighted by molar-refractivity contribution is 5.93. The molecule has 0 unspecified atom stereocenters. The van der Waals surface area contributed by atoms with E-state index in [9.17, 15) is 4.79 Å². The molecule has 2 heterocycles.